The number of carboxylic acid groups (broad SMARTS) is 1. The first-order chi connectivity index (χ1) is 19.9. The summed E-state index contributed by atoms with van der Waals surface area (Å²) < 4.78 is 15.6. The van der Waals surface area contributed by atoms with Crippen LogP contribution in [0.3, 0.4) is 0 Å². The molecule has 0 aliphatic rings. The molecule has 6 heteroatoms. The predicted molar refractivity (Wildman–Crippen MR) is 159 cm³/mol. The van der Waals surface area contributed by atoms with E-state index in [-0.39, 0.29) is 23.3 Å². The molecule has 0 spiro atoms. The van der Waals surface area contributed by atoms with Crippen molar-refractivity contribution in [1.82, 2.24) is 9.72 Å². The average molecular weight is 543 g/mol. The number of fused-ring (bicyclic) bond motifs is 2. The summed E-state index contributed by atoms with van der Waals surface area (Å²) in [6, 6.07) is 30.8. The molecule has 1 atom stereocenters. The molecular formula is C35H27FN2O3. The van der Waals surface area contributed by atoms with E-state index in [1.165, 1.54) is 29.7 Å². The van der Waals surface area contributed by atoms with Crippen LogP contribution in [0.25, 0.3) is 27.4 Å². The van der Waals surface area contributed by atoms with Crippen LogP contribution in [0.15, 0.2) is 116 Å². The van der Waals surface area contributed by atoms with Gasteiger partial charge in [0.05, 0.1) is 22.7 Å². The Morgan fingerprint density at radius 3 is 2.32 bits per heavy atom. The number of amides is 1. The Bertz CT molecular complexity index is 1910. The molecule has 202 valence electrons. The van der Waals surface area contributed by atoms with Crippen molar-refractivity contribution in [3.63, 3.8) is 0 Å². The molecule has 2 N–H and O–H groups in total. The highest BCUT2D eigenvalue weighted by atomic mass is 19.1. The minimum Gasteiger partial charge on any atom is -0.478 e. The van der Waals surface area contributed by atoms with Crippen molar-refractivity contribution in [2.45, 2.75) is 19.4 Å². The lowest BCUT2D eigenvalue weighted by Gasteiger charge is -2.17. The monoisotopic (exact) mass is 542 g/mol. The Morgan fingerprint density at radius 2 is 1.59 bits per heavy atom. The van der Waals surface area contributed by atoms with Crippen LogP contribution in [0.2, 0.25) is 0 Å². The fraction of sp³-hybridized carbons (Fsp3) is 0.0857. The molecule has 6 aromatic rings. The lowest BCUT2D eigenvalue weighted by molar-refractivity contribution is 0.0696. The first kappa shape index (κ1) is 26.0. The second-order valence-corrected chi connectivity index (χ2v) is 10.2. The summed E-state index contributed by atoms with van der Waals surface area (Å²) >= 11 is 0. The van der Waals surface area contributed by atoms with Crippen LogP contribution >= 0.6 is 0 Å². The van der Waals surface area contributed by atoms with Gasteiger partial charge in [-0.1, -0.05) is 66.7 Å². The third-order valence-corrected chi connectivity index (χ3v) is 7.47. The number of benzene rings is 4. The zero-order valence-electron chi connectivity index (χ0n) is 22.3. The van der Waals surface area contributed by atoms with E-state index in [1.807, 2.05) is 48.0 Å². The largest absolute Gasteiger partial charge is 0.478 e. The number of hydrogen-bond donors (Lipinski definition) is 2. The highest BCUT2D eigenvalue weighted by Crippen LogP contribution is 2.29. The minimum atomic E-state index is -1.000. The molecule has 2 heterocycles. The maximum atomic E-state index is 13.9. The molecule has 0 saturated carbocycles. The van der Waals surface area contributed by atoms with Gasteiger partial charge in [-0.05, 0) is 88.3 Å². The second-order valence-electron chi connectivity index (χ2n) is 10.2. The van der Waals surface area contributed by atoms with Crippen LogP contribution in [0.5, 0.6) is 0 Å². The van der Waals surface area contributed by atoms with Crippen LogP contribution < -0.4 is 5.32 Å². The van der Waals surface area contributed by atoms with Crippen molar-refractivity contribution < 1.29 is 19.1 Å². The van der Waals surface area contributed by atoms with Gasteiger partial charge >= 0.3 is 5.97 Å². The van der Waals surface area contributed by atoms with Crippen molar-refractivity contribution in [3.05, 3.63) is 149 Å². The molecule has 0 saturated heterocycles. The van der Waals surface area contributed by atoms with Crippen LogP contribution in [0.1, 0.15) is 50.4 Å². The van der Waals surface area contributed by atoms with E-state index in [2.05, 4.69) is 35.6 Å². The van der Waals surface area contributed by atoms with E-state index in [4.69, 9.17) is 0 Å². The number of carbonyl (C=O) groups is 2. The summed E-state index contributed by atoms with van der Waals surface area (Å²) in [6.45, 7) is 1.86. The predicted octanol–water partition coefficient (Wildman–Crippen LogP) is 7.68. The molecule has 0 aliphatic carbocycles. The van der Waals surface area contributed by atoms with Crippen LogP contribution in [0, 0.1) is 5.82 Å². The van der Waals surface area contributed by atoms with Gasteiger partial charge in [0.15, 0.2) is 0 Å². The lowest BCUT2D eigenvalue weighted by atomic mass is 9.98. The summed E-state index contributed by atoms with van der Waals surface area (Å²) in [5, 5.41) is 14.6. The molecule has 0 fully saturated rings. The lowest BCUT2D eigenvalue weighted by Crippen LogP contribution is -2.27. The summed E-state index contributed by atoms with van der Waals surface area (Å²) in [4.78, 5) is 25.1. The fourth-order valence-electron chi connectivity index (χ4n) is 5.28. The van der Waals surface area contributed by atoms with Gasteiger partial charge in [0, 0.05) is 12.4 Å². The molecule has 0 bridgehead atoms. The van der Waals surface area contributed by atoms with E-state index < -0.39 is 5.97 Å². The molecule has 0 radical (unpaired) electrons. The standard InChI is InChI=1S/C35H27FN2O3/c1-22(24-8-10-27(11-9-24)35(40)41)37-34(39)32-20-30(26-12-14-31(36)15-13-26)21-38-17-16-29(33(32)38)19-23-6-7-25-4-2-3-5-28(25)18-23/h2-18,20-22H,19H2,1H3,(H,37,39)(H,40,41)/t22-/m0/s1. The average Bonchev–Trinajstić information content (AvgIpc) is 3.39. The van der Waals surface area contributed by atoms with E-state index in [9.17, 15) is 19.1 Å². The smallest absolute Gasteiger partial charge is 0.335 e. The molecule has 2 aromatic heterocycles. The van der Waals surface area contributed by atoms with Crippen molar-refractivity contribution >= 4 is 28.2 Å². The zero-order chi connectivity index (χ0) is 28.5. The number of hydrogen-bond acceptors (Lipinski definition) is 2. The number of nitrogens with one attached hydrogen (secondary N) is 1. The highest BCUT2D eigenvalue weighted by molar-refractivity contribution is 6.03. The van der Waals surface area contributed by atoms with E-state index >= 15 is 0 Å². The Labute approximate surface area is 236 Å². The van der Waals surface area contributed by atoms with Gasteiger partial charge in [0.25, 0.3) is 5.91 Å². The van der Waals surface area contributed by atoms with Crippen LogP contribution in [0.4, 0.5) is 4.39 Å². The molecular weight excluding hydrogens is 515 g/mol. The Balaban J connectivity index is 1.39. The number of halogens is 1. The molecule has 0 aliphatic heterocycles. The number of rotatable bonds is 7. The summed E-state index contributed by atoms with van der Waals surface area (Å²) in [6.07, 6.45) is 4.55. The van der Waals surface area contributed by atoms with Gasteiger partial charge < -0.3 is 14.8 Å². The Kier molecular flexibility index (Phi) is 6.81. The normalized spacial score (nSPS) is 12.0. The summed E-state index contributed by atoms with van der Waals surface area (Å²) in [5.41, 5.74) is 6.01. The quantitative estimate of drug-likeness (QED) is 0.217. The van der Waals surface area contributed by atoms with Crippen LogP contribution in [-0.4, -0.2) is 21.4 Å². The zero-order valence-corrected chi connectivity index (χ0v) is 22.3. The molecule has 41 heavy (non-hydrogen) atoms. The number of carbonyl (C=O) groups excluding carboxylic acids is 1. The number of carboxylic acids is 1. The number of pyridine rings is 1. The molecule has 1 amide bonds. The van der Waals surface area contributed by atoms with Gasteiger partial charge in [-0.15, -0.1) is 0 Å². The fourth-order valence-corrected chi connectivity index (χ4v) is 5.28. The topological polar surface area (TPSA) is 70.8 Å². The van der Waals surface area contributed by atoms with E-state index in [0.29, 0.717) is 12.0 Å². The third-order valence-electron chi connectivity index (χ3n) is 7.47. The van der Waals surface area contributed by atoms with Gasteiger partial charge in [0.2, 0.25) is 0 Å². The molecule has 6 rings (SSSR count). The molecule has 0 unspecified atom stereocenters. The Hall–Kier alpha value is -5.23. The third kappa shape index (κ3) is 5.32. The summed E-state index contributed by atoms with van der Waals surface area (Å²) in [5.74, 6) is -1.58. The van der Waals surface area contributed by atoms with Crippen molar-refractivity contribution in [3.8, 4) is 11.1 Å². The number of aromatic nitrogens is 1. The first-order valence-corrected chi connectivity index (χ1v) is 13.4. The van der Waals surface area contributed by atoms with E-state index in [1.54, 1.807) is 24.3 Å². The summed E-state index contributed by atoms with van der Waals surface area (Å²) in [7, 11) is 0. The Morgan fingerprint density at radius 1 is 0.854 bits per heavy atom. The maximum Gasteiger partial charge on any atom is 0.335 e. The van der Waals surface area contributed by atoms with Crippen molar-refractivity contribution in [2.24, 2.45) is 0 Å². The highest BCUT2D eigenvalue weighted by Gasteiger charge is 2.19. The van der Waals surface area contributed by atoms with Gasteiger partial charge in [-0.3, -0.25) is 4.79 Å². The van der Waals surface area contributed by atoms with Gasteiger partial charge in [-0.2, -0.15) is 0 Å². The SMILES string of the molecule is C[C@H](NC(=O)c1cc(-c2ccc(F)cc2)cn2ccc(Cc3ccc4ccccc4c3)c12)c1ccc(C(=O)O)cc1. The maximum absolute atomic E-state index is 13.9. The first-order valence-electron chi connectivity index (χ1n) is 13.4. The molecule has 5 nitrogen and oxygen atoms in total. The van der Waals surface area contributed by atoms with E-state index in [0.717, 1.165) is 38.7 Å². The second kappa shape index (κ2) is 10.7. The van der Waals surface area contributed by atoms with Gasteiger partial charge in [0.1, 0.15) is 5.82 Å². The van der Waals surface area contributed by atoms with Crippen molar-refractivity contribution in [1.29, 1.82) is 0 Å². The molecule has 4 aromatic carbocycles. The van der Waals surface area contributed by atoms with Crippen molar-refractivity contribution in [2.75, 3.05) is 0 Å². The van der Waals surface area contributed by atoms with Crippen LogP contribution in [-0.2, 0) is 6.42 Å². The minimum absolute atomic E-state index is 0.188. The van der Waals surface area contributed by atoms with Gasteiger partial charge in [-0.25, -0.2) is 9.18 Å². The number of nitrogens with zero attached hydrogens (tertiary/aromatic N) is 1. The number of aromatic carboxylic acids is 1.